The Morgan fingerprint density at radius 1 is 1.42 bits per heavy atom. The Balaban J connectivity index is 1.74. The second-order valence-corrected chi connectivity index (χ2v) is 5.04. The molecule has 2 aliphatic rings. The second-order valence-electron chi connectivity index (χ2n) is 5.04. The van der Waals surface area contributed by atoms with E-state index in [1.54, 1.807) is 29.1 Å². The molecule has 0 saturated heterocycles. The first-order chi connectivity index (χ1) is 9.15. The highest BCUT2D eigenvalue weighted by molar-refractivity contribution is 5.73. The number of hydrogen-bond acceptors (Lipinski definition) is 4. The fourth-order valence-corrected chi connectivity index (χ4v) is 2.33. The molecular weight excluding hydrogens is 246 g/mol. The molecule has 2 N–H and O–H groups in total. The Morgan fingerprint density at radius 3 is 2.84 bits per heavy atom. The molecule has 100 valence electrons. The minimum atomic E-state index is -0.836. The summed E-state index contributed by atoms with van der Waals surface area (Å²) >= 11 is 0. The van der Waals surface area contributed by atoms with Crippen molar-refractivity contribution in [3.63, 3.8) is 0 Å². The van der Waals surface area contributed by atoms with E-state index in [1.165, 1.54) is 0 Å². The van der Waals surface area contributed by atoms with E-state index in [0.717, 1.165) is 12.8 Å². The molecule has 2 unspecified atom stereocenters. The lowest BCUT2D eigenvalue weighted by atomic mass is 10.1. The molecule has 1 aromatic rings. The van der Waals surface area contributed by atoms with Crippen molar-refractivity contribution >= 4 is 11.8 Å². The van der Waals surface area contributed by atoms with Gasteiger partial charge < -0.3 is 15.0 Å². The summed E-state index contributed by atoms with van der Waals surface area (Å²) in [5, 5.41) is 11.9. The van der Waals surface area contributed by atoms with Crippen LogP contribution in [-0.4, -0.2) is 26.7 Å². The molecule has 1 aromatic heterocycles. The SMILES string of the molecule is O=C(O)C1C=CC(Nc2nccn(C3CC3)c2=O)C1. The number of anilines is 1. The van der Waals surface area contributed by atoms with Crippen LogP contribution in [0.2, 0.25) is 0 Å². The highest BCUT2D eigenvalue weighted by atomic mass is 16.4. The van der Waals surface area contributed by atoms with Gasteiger partial charge in [0.2, 0.25) is 0 Å². The molecular formula is C13H15N3O3. The zero-order chi connectivity index (χ0) is 13.4. The van der Waals surface area contributed by atoms with Gasteiger partial charge in [-0.25, -0.2) is 4.98 Å². The smallest absolute Gasteiger partial charge is 0.310 e. The van der Waals surface area contributed by atoms with Crippen molar-refractivity contribution in [2.24, 2.45) is 5.92 Å². The molecule has 0 amide bonds. The number of nitrogens with zero attached hydrogens (tertiary/aromatic N) is 2. The Bertz CT molecular complexity index is 589. The third-order valence-electron chi connectivity index (χ3n) is 3.53. The van der Waals surface area contributed by atoms with Gasteiger partial charge in [0.15, 0.2) is 5.82 Å². The van der Waals surface area contributed by atoms with Crippen LogP contribution in [0.5, 0.6) is 0 Å². The number of aliphatic carboxylic acids is 1. The van der Waals surface area contributed by atoms with Gasteiger partial charge in [-0.05, 0) is 19.3 Å². The van der Waals surface area contributed by atoms with Crippen LogP contribution in [0, 0.1) is 5.92 Å². The molecule has 6 heteroatoms. The van der Waals surface area contributed by atoms with Gasteiger partial charge in [-0.15, -0.1) is 0 Å². The van der Waals surface area contributed by atoms with Gasteiger partial charge in [-0.1, -0.05) is 12.2 Å². The predicted octanol–water partition coefficient (Wildman–Crippen LogP) is 1.02. The molecule has 0 aliphatic heterocycles. The van der Waals surface area contributed by atoms with Gasteiger partial charge in [-0.2, -0.15) is 0 Å². The lowest BCUT2D eigenvalue weighted by molar-refractivity contribution is -0.140. The third-order valence-corrected chi connectivity index (χ3v) is 3.53. The molecule has 1 saturated carbocycles. The molecule has 1 heterocycles. The van der Waals surface area contributed by atoms with E-state index in [9.17, 15) is 9.59 Å². The topological polar surface area (TPSA) is 84.2 Å². The number of carboxylic acids is 1. The Morgan fingerprint density at radius 2 is 2.21 bits per heavy atom. The fraction of sp³-hybridized carbons (Fsp3) is 0.462. The predicted molar refractivity (Wildman–Crippen MR) is 69.1 cm³/mol. The minimum absolute atomic E-state index is 0.128. The molecule has 2 aliphatic carbocycles. The lowest BCUT2D eigenvalue weighted by Crippen LogP contribution is -2.28. The van der Waals surface area contributed by atoms with Crippen molar-refractivity contribution in [3.8, 4) is 0 Å². The van der Waals surface area contributed by atoms with Crippen molar-refractivity contribution < 1.29 is 9.90 Å². The second kappa shape index (κ2) is 4.53. The molecule has 6 nitrogen and oxygen atoms in total. The van der Waals surface area contributed by atoms with Crippen LogP contribution < -0.4 is 10.9 Å². The summed E-state index contributed by atoms with van der Waals surface area (Å²) in [4.78, 5) is 27.1. The summed E-state index contributed by atoms with van der Waals surface area (Å²) in [5.41, 5.74) is -0.128. The summed E-state index contributed by atoms with van der Waals surface area (Å²) in [6.45, 7) is 0. The van der Waals surface area contributed by atoms with Gasteiger partial charge in [0.05, 0.1) is 5.92 Å². The van der Waals surface area contributed by atoms with E-state index < -0.39 is 11.9 Å². The first-order valence-corrected chi connectivity index (χ1v) is 6.40. The van der Waals surface area contributed by atoms with Crippen LogP contribution in [0.1, 0.15) is 25.3 Å². The number of rotatable bonds is 4. The van der Waals surface area contributed by atoms with Crippen LogP contribution in [-0.2, 0) is 4.79 Å². The monoisotopic (exact) mass is 261 g/mol. The summed E-state index contributed by atoms with van der Waals surface area (Å²) in [6.07, 6.45) is 9.28. The van der Waals surface area contributed by atoms with Gasteiger partial charge in [0.25, 0.3) is 5.56 Å². The molecule has 0 radical (unpaired) electrons. The molecule has 2 atom stereocenters. The summed E-state index contributed by atoms with van der Waals surface area (Å²) in [7, 11) is 0. The van der Waals surface area contributed by atoms with E-state index >= 15 is 0 Å². The zero-order valence-corrected chi connectivity index (χ0v) is 10.3. The lowest BCUT2D eigenvalue weighted by Gasteiger charge is -2.13. The van der Waals surface area contributed by atoms with Crippen LogP contribution in [0.15, 0.2) is 29.3 Å². The van der Waals surface area contributed by atoms with E-state index in [4.69, 9.17) is 5.11 Å². The van der Waals surface area contributed by atoms with Crippen molar-refractivity contribution in [1.29, 1.82) is 0 Å². The summed E-state index contributed by atoms with van der Waals surface area (Å²) in [6, 6.07) is 0.165. The Hall–Kier alpha value is -2.11. The van der Waals surface area contributed by atoms with Crippen molar-refractivity contribution in [3.05, 3.63) is 34.9 Å². The largest absolute Gasteiger partial charge is 0.481 e. The fourth-order valence-electron chi connectivity index (χ4n) is 2.33. The minimum Gasteiger partial charge on any atom is -0.481 e. The van der Waals surface area contributed by atoms with Crippen LogP contribution in [0.25, 0.3) is 0 Å². The van der Waals surface area contributed by atoms with Gasteiger partial charge in [0.1, 0.15) is 0 Å². The standard InChI is InChI=1S/C13H15N3O3/c17-12-11(14-5-6-16(12)10-3-4-10)15-9-2-1-8(7-9)13(18)19/h1-2,5-6,8-10H,3-4,7H2,(H,14,15)(H,18,19). The van der Waals surface area contributed by atoms with E-state index in [-0.39, 0.29) is 11.6 Å². The first-order valence-electron chi connectivity index (χ1n) is 6.40. The molecule has 19 heavy (non-hydrogen) atoms. The number of carboxylic acid groups (broad SMARTS) is 1. The molecule has 0 bridgehead atoms. The summed E-state index contributed by atoms with van der Waals surface area (Å²) < 4.78 is 1.70. The van der Waals surface area contributed by atoms with Gasteiger partial charge in [0, 0.05) is 24.5 Å². The zero-order valence-electron chi connectivity index (χ0n) is 10.3. The van der Waals surface area contributed by atoms with Crippen LogP contribution in [0.4, 0.5) is 5.82 Å². The molecule has 0 spiro atoms. The van der Waals surface area contributed by atoms with Crippen LogP contribution in [0.3, 0.4) is 0 Å². The first kappa shape index (κ1) is 12.0. The highest BCUT2D eigenvalue weighted by Gasteiger charge is 2.27. The normalized spacial score (nSPS) is 25.5. The highest BCUT2D eigenvalue weighted by Crippen LogP contribution is 2.33. The number of aromatic nitrogens is 2. The quantitative estimate of drug-likeness (QED) is 0.790. The maximum absolute atomic E-state index is 12.2. The summed E-state index contributed by atoms with van der Waals surface area (Å²) in [5.74, 6) is -1.01. The van der Waals surface area contributed by atoms with E-state index in [0.29, 0.717) is 18.3 Å². The average molecular weight is 261 g/mol. The van der Waals surface area contributed by atoms with Crippen molar-refractivity contribution in [2.45, 2.75) is 31.3 Å². The Labute approximate surface area is 109 Å². The van der Waals surface area contributed by atoms with Gasteiger partial charge in [-0.3, -0.25) is 9.59 Å². The Kier molecular flexibility index (Phi) is 2.85. The maximum atomic E-state index is 12.2. The van der Waals surface area contributed by atoms with E-state index in [1.807, 2.05) is 0 Å². The molecule has 1 fully saturated rings. The number of carbonyl (C=O) groups is 1. The molecule has 0 aromatic carbocycles. The van der Waals surface area contributed by atoms with E-state index in [2.05, 4.69) is 10.3 Å². The van der Waals surface area contributed by atoms with Crippen molar-refractivity contribution in [1.82, 2.24) is 9.55 Å². The average Bonchev–Trinajstić information content (AvgIpc) is 3.11. The number of nitrogens with one attached hydrogen (secondary N) is 1. The van der Waals surface area contributed by atoms with Crippen LogP contribution >= 0.6 is 0 Å². The molecule has 3 rings (SSSR count). The van der Waals surface area contributed by atoms with Crippen molar-refractivity contribution in [2.75, 3.05) is 5.32 Å². The number of hydrogen-bond donors (Lipinski definition) is 2. The maximum Gasteiger partial charge on any atom is 0.310 e. The third kappa shape index (κ3) is 2.38. The van der Waals surface area contributed by atoms with Gasteiger partial charge >= 0.3 is 5.97 Å².